The molecule has 29 heavy (non-hydrogen) atoms. The van der Waals surface area contributed by atoms with E-state index >= 15 is 0 Å². The zero-order chi connectivity index (χ0) is 20.3. The van der Waals surface area contributed by atoms with E-state index in [9.17, 15) is 8.42 Å². The van der Waals surface area contributed by atoms with Crippen LogP contribution in [-0.2, 0) is 20.5 Å². The lowest BCUT2D eigenvalue weighted by atomic mass is 10.2. The molecule has 0 unspecified atom stereocenters. The van der Waals surface area contributed by atoms with E-state index in [1.807, 2.05) is 24.3 Å². The predicted molar refractivity (Wildman–Crippen MR) is 113 cm³/mol. The minimum absolute atomic E-state index is 0.208. The van der Waals surface area contributed by atoms with Crippen LogP contribution in [0, 0.1) is 0 Å². The number of benzene rings is 2. The van der Waals surface area contributed by atoms with Gasteiger partial charge in [0.25, 0.3) is 5.22 Å². The number of rotatable bonds is 6. The normalized spacial score (nSPS) is 15.5. The average Bonchev–Trinajstić information content (AvgIpc) is 3.23. The fraction of sp³-hybridized carbons (Fsp3) is 0.263. The third-order valence-corrected chi connectivity index (χ3v) is 7.68. The summed E-state index contributed by atoms with van der Waals surface area (Å²) in [4.78, 5) is 0.208. The summed E-state index contributed by atoms with van der Waals surface area (Å²) in [7, 11) is -3.58. The maximum Gasteiger partial charge on any atom is 0.277 e. The molecule has 4 rings (SSSR count). The molecule has 0 aliphatic carbocycles. The fourth-order valence-electron chi connectivity index (χ4n) is 2.84. The smallest absolute Gasteiger partial charge is 0.277 e. The average molecular weight is 496 g/mol. The first kappa shape index (κ1) is 20.5. The largest absolute Gasteiger partial charge is 0.411 e. The molecule has 0 bridgehead atoms. The van der Waals surface area contributed by atoms with E-state index in [2.05, 4.69) is 26.1 Å². The summed E-state index contributed by atoms with van der Waals surface area (Å²) in [6.07, 6.45) is 0. The molecule has 2 heterocycles. The lowest BCUT2D eigenvalue weighted by molar-refractivity contribution is 0.0730. The molecule has 0 saturated carbocycles. The monoisotopic (exact) mass is 495 g/mol. The molecule has 0 spiro atoms. The van der Waals surface area contributed by atoms with Crippen molar-refractivity contribution in [2.45, 2.75) is 15.9 Å². The number of hydrogen-bond donors (Lipinski definition) is 0. The summed E-state index contributed by atoms with van der Waals surface area (Å²) in [6.45, 7) is 1.51. The molecule has 10 heteroatoms. The molecule has 0 amide bonds. The van der Waals surface area contributed by atoms with E-state index in [4.69, 9.17) is 9.15 Å². The Morgan fingerprint density at radius 3 is 2.59 bits per heavy atom. The van der Waals surface area contributed by atoms with Crippen molar-refractivity contribution in [3.63, 3.8) is 0 Å². The molecule has 3 aromatic rings. The Morgan fingerprint density at radius 2 is 1.83 bits per heavy atom. The Bertz CT molecular complexity index is 1080. The van der Waals surface area contributed by atoms with Crippen molar-refractivity contribution in [3.8, 4) is 11.5 Å². The molecule has 2 aromatic carbocycles. The standard InChI is InChI=1S/C19H18BrN3O4S2/c20-16-6-4-14(5-7-16)13-28-19-22-21-18(27-19)15-2-1-3-17(12-15)29(24,25)23-8-10-26-11-9-23/h1-7,12H,8-11,13H2. The van der Waals surface area contributed by atoms with Gasteiger partial charge in [-0.05, 0) is 35.9 Å². The first-order valence-electron chi connectivity index (χ1n) is 8.91. The zero-order valence-corrected chi connectivity index (χ0v) is 18.5. The van der Waals surface area contributed by atoms with Crippen LogP contribution in [0.2, 0.25) is 0 Å². The molecule has 1 aromatic heterocycles. The Kier molecular flexibility index (Phi) is 6.35. The number of halogens is 1. The van der Waals surface area contributed by atoms with Crippen molar-refractivity contribution in [2.75, 3.05) is 26.3 Å². The second-order valence-electron chi connectivity index (χ2n) is 6.33. The van der Waals surface area contributed by atoms with E-state index in [-0.39, 0.29) is 4.90 Å². The van der Waals surface area contributed by atoms with Gasteiger partial charge in [0.15, 0.2) is 0 Å². The number of thioether (sulfide) groups is 1. The second kappa shape index (κ2) is 8.97. The highest BCUT2D eigenvalue weighted by atomic mass is 79.9. The fourth-order valence-corrected chi connectivity index (χ4v) is 5.27. The number of aromatic nitrogens is 2. The van der Waals surface area contributed by atoms with Crippen molar-refractivity contribution >= 4 is 37.7 Å². The molecule has 0 N–H and O–H groups in total. The van der Waals surface area contributed by atoms with Gasteiger partial charge in [-0.1, -0.05) is 45.9 Å². The molecule has 0 atom stereocenters. The first-order valence-corrected chi connectivity index (χ1v) is 12.1. The third kappa shape index (κ3) is 4.89. The molecular formula is C19H18BrN3O4S2. The van der Waals surface area contributed by atoms with Crippen LogP contribution in [0.25, 0.3) is 11.5 Å². The highest BCUT2D eigenvalue weighted by Gasteiger charge is 2.26. The number of ether oxygens (including phenoxy) is 1. The van der Waals surface area contributed by atoms with Gasteiger partial charge in [0, 0.05) is 28.9 Å². The summed E-state index contributed by atoms with van der Waals surface area (Å²) in [5, 5.41) is 8.58. The molecule has 1 aliphatic heterocycles. The Morgan fingerprint density at radius 1 is 1.07 bits per heavy atom. The zero-order valence-electron chi connectivity index (χ0n) is 15.3. The van der Waals surface area contributed by atoms with Crippen LogP contribution in [-0.4, -0.2) is 49.2 Å². The summed E-state index contributed by atoms with van der Waals surface area (Å²) < 4.78 is 39.1. The minimum Gasteiger partial charge on any atom is -0.411 e. The van der Waals surface area contributed by atoms with Crippen molar-refractivity contribution in [1.29, 1.82) is 0 Å². The summed E-state index contributed by atoms with van der Waals surface area (Å²) in [6, 6.07) is 14.6. The summed E-state index contributed by atoms with van der Waals surface area (Å²) in [5.41, 5.74) is 1.71. The van der Waals surface area contributed by atoms with Crippen LogP contribution in [0.1, 0.15) is 5.56 Å². The molecule has 1 fully saturated rings. The van der Waals surface area contributed by atoms with Crippen LogP contribution in [0.15, 0.2) is 67.5 Å². The molecule has 7 nitrogen and oxygen atoms in total. The van der Waals surface area contributed by atoms with Gasteiger partial charge < -0.3 is 9.15 Å². The van der Waals surface area contributed by atoms with Gasteiger partial charge in [0.1, 0.15) is 0 Å². The van der Waals surface area contributed by atoms with Gasteiger partial charge in [-0.3, -0.25) is 0 Å². The molecule has 1 saturated heterocycles. The predicted octanol–water partition coefficient (Wildman–Crippen LogP) is 3.81. The lowest BCUT2D eigenvalue weighted by Crippen LogP contribution is -2.40. The van der Waals surface area contributed by atoms with Crippen LogP contribution in [0.5, 0.6) is 0 Å². The topological polar surface area (TPSA) is 85.5 Å². The summed E-state index contributed by atoms with van der Waals surface area (Å²) in [5.74, 6) is 0.989. The summed E-state index contributed by atoms with van der Waals surface area (Å²) >= 11 is 4.85. The van der Waals surface area contributed by atoms with Gasteiger partial charge in [0.05, 0.1) is 18.1 Å². The van der Waals surface area contributed by atoms with E-state index in [0.29, 0.717) is 48.7 Å². The Balaban J connectivity index is 1.49. The Labute approximate surface area is 181 Å². The molecule has 152 valence electrons. The van der Waals surface area contributed by atoms with Crippen molar-refractivity contribution in [3.05, 3.63) is 58.6 Å². The first-order chi connectivity index (χ1) is 14.0. The molecule has 0 radical (unpaired) electrons. The Hall–Kier alpha value is -1.72. The third-order valence-electron chi connectivity index (χ3n) is 4.37. The van der Waals surface area contributed by atoms with E-state index in [1.54, 1.807) is 24.3 Å². The van der Waals surface area contributed by atoms with E-state index < -0.39 is 10.0 Å². The molecular weight excluding hydrogens is 478 g/mol. The van der Waals surface area contributed by atoms with Gasteiger partial charge >= 0.3 is 0 Å². The maximum absolute atomic E-state index is 12.9. The van der Waals surface area contributed by atoms with Crippen LogP contribution < -0.4 is 0 Å². The maximum atomic E-state index is 12.9. The number of hydrogen-bond acceptors (Lipinski definition) is 7. The van der Waals surface area contributed by atoms with Gasteiger partial charge in [-0.2, -0.15) is 4.31 Å². The van der Waals surface area contributed by atoms with Gasteiger partial charge in [-0.15, -0.1) is 10.2 Å². The van der Waals surface area contributed by atoms with Crippen molar-refractivity contribution in [1.82, 2.24) is 14.5 Å². The quantitative estimate of drug-likeness (QED) is 0.480. The van der Waals surface area contributed by atoms with Crippen LogP contribution in [0.3, 0.4) is 0 Å². The van der Waals surface area contributed by atoms with Crippen molar-refractivity contribution < 1.29 is 17.6 Å². The van der Waals surface area contributed by atoms with Gasteiger partial charge in [-0.25, -0.2) is 8.42 Å². The van der Waals surface area contributed by atoms with E-state index in [1.165, 1.54) is 16.1 Å². The number of sulfonamides is 1. The van der Waals surface area contributed by atoms with Crippen LogP contribution in [0.4, 0.5) is 0 Å². The van der Waals surface area contributed by atoms with E-state index in [0.717, 1.165) is 10.0 Å². The highest BCUT2D eigenvalue weighted by molar-refractivity contribution is 9.10. The van der Waals surface area contributed by atoms with Crippen molar-refractivity contribution in [2.24, 2.45) is 0 Å². The SMILES string of the molecule is O=S(=O)(c1cccc(-c2nnc(SCc3ccc(Br)cc3)o2)c1)N1CCOCC1. The lowest BCUT2D eigenvalue weighted by Gasteiger charge is -2.26. The number of nitrogens with zero attached hydrogens (tertiary/aromatic N) is 3. The highest BCUT2D eigenvalue weighted by Crippen LogP contribution is 2.28. The minimum atomic E-state index is -3.58. The molecule has 1 aliphatic rings. The number of morpholine rings is 1. The van der Waals surface area contributed by atoms with Gasteiger partial charge in [0.2, 0.25) is 15.9 Å². The second-order valence-corrected chi connectivity index (χ2v) is 10.1. The van der Waals surface area contributed by atoms with Crippen LogP contribution >= 0.6 is 27.7 Å².